The number of hydrogen-bond acceptors (Lipinski definition) is 1. The maximum absolute atomic E-state index is 13.5. The third-order valence-electron chi connectivity index (χ3n) is 2.54. The number of benzene rings is 2. The van der Waals surface area contributed by atoms with E-state index in [1.807, 2.05) is 30.3 Å². The molecule has 0 aliphatic heterocycles. The molecule has 6 heteroatoms. The van der Waals surface area contributed by atoms with Crippen LogP contribution in [0, 0.1) is 11.6 Å². The fourth-order valence-electron chi connectivity index (χ4n) is 1.60. The quantitative estimate of drug-likeness (QED) is 0.869. The zero-order valence-corrected chi connectivity index (χ0v) is 11.9. The van der Waals surface area contributed by atoms with Crippen LogP contribution >= 0.6 is 15.9 Å². The van der Waals surface area contributed by atoms with Gasteiger partial charge in [-0.25, -0.2) is 13.6 Å². The number of amides is 2. The molecule has 3 nitrogen and oxygen atoms in total. The van der Waals surface area contributed by atoms with Crippen molar-refractivity contribution in [3.8, 4) is 0 Å². The molecule has 2 aromatic carbocycles. The summed E-state index contributed by atoms with van der Waals surface area (Å²) < 4.78 is 27.3. The maximum atomic E-state index is 13.5. The largest absolute Gasteiger partial charge is 0.334 e. The van der Waals surface area contributed by atoms with Crippen LogP contribution < -0.4 is 10.6 Å². The molecule has 0 unspecified atom stereocenters. The second-order valence-corrected chi connectivity index (χ2v) is 4.95. The highest BCUT2D eigenvalue weighted by atomic mass is 79.9. The first-order valence-electron chi connectivity index (χ1n) is 5.79. The second kappa shape index (κ2) is 6.47. The lowest BCUT2D eigenvalue weighted by molar-refractivity contribution is 0.251. The van der Waals surface area contributed by atoms with Gasteiger partial charge in [-0.15, -0.1) is 0 Å². The molecule has 0 saturated carbocycles. The molecule has 0 aliphatic carbocycles. The van der Waals surface area contributed by atoms with Gasteiger partial charge in [0.1, 0.15) is 5.69 Å². The van der Waals surface area contributed by atoms with Gasteiger partial charge >= 0.3 is 6.03 Å². The molecule has 0 atom stereocenters. The third-order valence-corrected chi connectivity index (χ3v) is 3.00. The highest BCUT2D eigenvalue weighted by Crippen LogP contribution is 2.23. The fourth-order valence-corrected chi connectivity index (χ4v) is 2.00. The Morgan fingerprint density at radius 3 is 2.30 bits per heavy atom. The zero-order valence-electron chi connectivity index (χ0n) is 10.3. The van der Waals surface area contributed by atoms with Crippen LogP contribution in [-0.2, 0) is 6.54 Å². The Kier molecular flexibility index (Phi) is 4.68. The van der Waals surface area contributed by atoms with Crippen LogP contribution in [0.1, 0.15) is 5.56 Å². The molecular formula is C14H11BrF2N2O. The number of anilines is 1. The average molecular weight is 341 g/mol. The first kappa shape index (κ1) is 14.5. The smallest absolute Gasteiger partial charge is 0.319 e. The summed E-state index contributed by atoms with van der Waals surface area (Å²) in [7, 11) is 0. The van der Waals surface area contributed by atoms with Crippen molar-refractivity contribution in [1.29, 1.82) is 0 Å². The summed E-state index contributed by atoms with van der Waals surface area (Å²) in [5, 5.41) is 4.68. The van der Waals surface area contributed by atoms with Gasteiger partial charge in [0.2, 0.25) is 0 Å². The van der Waals surface area contributed by atoms with E-state index in [0.29, 0.717) is 0 Å². The summed E-state index contributed by atoms with van der Waals surface area (Å²) in [4.78, 5) is 11.6. The van der Waals surface area contributed by atoms with Gasteiger partial charge in [0.25, 0.3) is 0 Å². The fraction of sp³-hybridized carbons (Fsp3) is 0.0714. The van der Waals surface area contributed by atoms with E-state index in [2.05, 4.69) is 26.6 Å². The zero-order chi connectivity index (χ0) is 14.5. The molecule has 2 aromatic rings. The first-order valence-corrected chi connectivity index (χ1v) is 6.59. The van der Waals surface area contributed by atoms with E-state index in [-0.39, 0.29) is 11.0 Å². The summed E-state index contributed by atoms with van der Waals surface area (Å²) in [5.41, 5.74) is 0.415. The van der Waals surface area contributed by atoms with Gasteiger partial charge in [-0.3, -0.25) is 0 Å². The summed E-state index contributed by atoms with van der Waals surface area (Å²) in [6.07, 6.45) is 0. The molecule has 0 radical (unpaired) electrons. The molecule has 0 saturated heterocycles. The Morgan fingerprint density at radius 1 is 1.10 bits per heavy atom. The van der Waals surface area contributed by atoms with Crippen molar-refractivity contribution in [2.45, 2.75) is 6.54 Å². The monoisotopic (exact) mass is 340 g/mol. The van der Waals surface area contributed by atoms with Crippen molar-refractivity contribution in [1.82, 2.24) is 5.32 Å². The van der Waals surface area contributed by atoms with Crippen molar-refractivity contribution < 1.29 is 13.6 Å². The van der Waals surface area contributed by atoms with Crippen molar-refractivity contribution in [3.05, 3.63) is 64.1 Å². The number of hydrogen-bond donors (Lipinski definition) is 2. The summed E-state index contributed by atoms with van der Waals surface area (Å²) in [5.74, 6) is -1.68. The standard InChI is InChI=1S/C14H11BrF2N2O/c15-10-6-11(16)13(12(17)7-10)19-14(20)18-8-9-4-2-1-3-5-9/h1-7H,8H2,(H2,18,19,20). The predicted octanol–water partition coefficient (Wildman–Crippen LogP) is 4.05. The van der Waals surface area contributed by atoms with Crippen LogP contribution in [0.3, 0.4) is 0 Å². The normalized spacial score (nSPS) is 10.2. The van der Waals surface area contributed by atoms with Crippen LogP contribution in [-0.4, -0.2) is 6.03 Å². The Bertz CT molecular complexity index is 597. The third kappa shape index (κ3) is 3.77. The van der Waals surface area contributed by atoms with Crippen molar-refractivity contribution in [2.24, 2.45) is 0 Å². The lowest BCUT2D eigenvalue weighted by Crippen LogP contribution is -2.29. The van der Waals surface area contributed by atoms with E-state index < -0.39 is 23.4 Å². The summed E-state index contributed by atoms with van der Waals surface area (Å²) in [6, 6.07) is 10.7. The molecule has 0 spiro atoms. The molecular weight excluding hydrogens is 330 g/mol. The average Bonchev–Trinajstić information content (AvgIpc) is 2.42. The van der Waals surface area contributed by atoms with Crippen molar-refractivity contribution in [3.63, 3.8) is 0 Å². The van der Waals surface area contributed by atoms with E-state index in [4.69, 9.17) is 0 Å². The second-order valence-electron chi connectivity index (χ2n) is 4.04. The molecule has 20 heavy (non-hydrogen) atoms. The minimum Gasteiger partial charge on any atom is -0.334 e. The van der Waals surface area contributed by atoms with Crippen LogP contribution in [0.4, 0.5) is 19.3 Å². The number of rotatable bonds is 3. The Morgan fingerprint density at radius 2 is 1.70 bits per heavy atom. The van der Waals surface area contributed by atoms with Gasteiger partial charge in [-0.2, -0.15) is 0 Å². The molecule has 2 amide bonds. The van der Waals surface area contributed by atoms with Crippen LogP contribution in [0.5, 0.6) is 0 Å². The SMILES string of the molecule is O=C(NCc1ccccc1)Nc1c(F)cc(Br)cc1F. The topological polar surface area (TPSA) is 41.1 Å². The van der Waals surface area contributed by atoms with Crippen LogP contribution in [0.25, 0.3) is 0 Å². The molecule has 2 N–H and O–H groups in total. The summed E-state index contributed by atoms with van der Waals surface area (Å²) in [6.45, 7) is 0.270. The Hall–Kier alpha value is -1.95. The maximum Gasteiger partial charge on any atom is 0.319 e. The molecule has 0 bridgehead atoms. The Balaban J connectivity index is 1.98. The van der Waals surface area contributed by atoms with E-state index in [1.165, 1.54) is 0 Å². The Labute approximate surface area is 123 Å². The molecule has 0 aromatic heterocycles. The minimum atomic E-state index is -0.841. The number of urea groups is 1. The number of carbonyl (C=O) groups is 1. The van der Waals surface area contributed by atoms with E-state index >= 15 is 0 Å². The lowest BCUT2D eigenvalue weighted by atomic mass is 10.2. The van der Waals surface area contributed by atoms with Crippen LogP contribution in [0.15, 0.2) is 46.9 Å². The predicted molar refractivity (Wildman–Crippen MR) is 76.4 cm³/mol. The summed E-state index contributed by atoms with van der Waals surface area (Å²) >= 11 is 2.97. The van der Waals surface area contributed by atoms with E-state index in [1.54, 1.807) is 0 Å². The molecule has 104 valence electrons. The van der Waals surface area contributed by atoms with Gasteiger partial charge in [0.15, 0.2) is 11.6 Å². The number of nitrogens with one attached hydrogen (secondary N) is 2. The van der Waals surface area contributed by atoms with Gasteiger partial charge in [-0.1, -0.05) is 46.3 Å². The van der Waals surface area contributed by atoms with E-state index in [9.17, 15) is 13.6 Å². The van der Waals surface area contributed by atoms with Gasteiger partial charge in [0, 0.05) is 11.0 Å². The minimum absolute atomic E-state index is 0.266. The van der Waals surface area contributed by atoms with Gasteiger partial charge in [-0.05, 0) is 17.7 Å². The van der Waals surface area contributed by atoms with E-state index in [0.717, 1.165) is 17.7 Å². The highest BCUT2D eigenvalue weighted by molar-refractivity contribution is 9.10. The number of carbonyl (C=O) groups excluding carboxylic acids is 1. The lowest BCUT2D eigenvalue weighted by Gasteiger charge is -2.09. The first-order chi connectivity index (χ1) is 9.56. The van der Waals surface area contributed by atoms with Crippen LogP contribution in [0.2, 0.25) is 0 Å². The van der Waals surface area contributed by atoms with Crippen molar-refractivity contribution >= 4 is 27.6 Å². The molecule has 0 heterocycles. The molecule has 0 aliphatic rings. The molecule has 2 rings (SSSR count). The highest BCUT2D eigenvalue weighted by Gasteiger charge is 2.13. The number of halogens is 3. The van der Waals surface area contributed by atoms with Gasteiger partial charge in [0.05, 0.1) is 0 Å². The molecule has 0 fully saturated rings. The van der Waals surface area contributed by atoms with Gasteiger partial charge < -0.3 is 10.6 Å². The van der Waals surface area contributed by atoms with Crippen molar-refractivity contribution in [2.75, 3.05) is 5.32 Å².